The average molecular weight is 1030 g/mol. The van der Waals surface area contributed by atoms with Crippen molar-refractivity contribution >= 4 is 66.4 Å². The number of aryl methyl sites for hydroxylation is 1. The molecule has 0 atom stereocenters. The van der Waals surface area contributed by atoms with Gasteiger partial charge in [0.25, 0.3) is 0 Å². The molecule has 0 unspecified atom stereocenters. The number of rotatable bonds is 7. The van der Waals surface area contributed by atoms with E-state index in [1.807, 2.05) is 12.3 Å². The van der Waals surface area contributed by atoms with E-state index in [0.717, 1.165) is 89.2 Å². The van der Waals surface area contributed by atoms with Crippen LogP contribution in [-0.2, 0) is 26.5 Å². The van der Waals surface area contributed by atoms with E-state index in [2.05, 4.69) is 241 Å². The molecule has 3 aromatic heterocycles. The molecule has 4 heterocycles. The molecule has 0 radical (unpaired) electrons. The number of ether oxygens (including phenoxy) is 1. The van der Waals surface area contributed by atoms with Crippen LogP contribution in [-0.4, -0.2) is 14.1 Å². The molecule has 0 saturated carbocycles. The Kier molecular flexibility index (Phi) is 10.2. The summed E-state index contributed by atoms with van der Waals surface area (Å²) in [6.07, 6.45) is 2.02. The largest absolute Gasteiger partial charge is 0.509 e. The summed E-state index contributed by atoms with van der Waals surface area (Å²) >= 11 is 0. The van der Waals surface area contributed by atoms with Crippen molar-refractivity contribution in [3.63, 3.8) is 0 Å². The molecule has 0 amide bonds. The van der Waals surface area contributed by atoms with E-state index in [1.165, 1.54) is 10.9 Å². The zero-order chi connectivity index (χ0) is 43.8. The number of nitrogens with zero attached hydrogens (tertiary/aromatic N) is 5. The third kappa shape index (κ3) is 7.04. The minimum atomic E-state index is -0.180. The summed E-state index contributed by atoms with van der Waals surface area (Å²) in [6.45, 7) is 11.0. The predicted molar refractivity (Wildman–Crippen MR) is 267 cm³/mol. The van der Waals surface area contributed by atoms with Crippen molar-refractivity contribution in [1.29, 1.82) is 0 Å². The van der Waals surface area contributed by atoms with Crippen LogP contribution in [0, 0.1) is 25.7 Å². The van der Waals surface area contributed by atoms with E-state index in [1.54, 1.807) is 0 Å². The summed E-state index contributed by atoms with van der Waals surface area (Å²) in [6, 6.07) is 71.6. The molecule has 6 nitrogen and oxygen atoms in total. The Morgan fingerprint density at radius 1 is 0.515 bits per heavy atom. The van der Waals surface area contributed by atoms with Crippen molar-refractivity contribution in [2.45, 2.75) is 33.1 Å². The van der Waals surface area contributed by atoms with E-state index in [0.29, 0.717) is 11.5 Å². The zero-order valence-electron chi connectivity index (χ0n) is 36.9. The fourth-order valence-electron chi connectivity index (χ4n) is 9.39. The van der Waals surface area contributed by atoms with Gasteiger partial charge in [0.2, 0.25) is 0 Å². The number of benzene rings is 8. The molecule has 66 heavy (non-hydrogen) atoms. The molecule has 1 aliphatic rings. The maximum absolute atomic E-state index is 6.90. The number of pyridine rings is 1. The van der Waals surface area contributed by atoms with Crippen LogP contribution in [0.15, 0.2) is 188 Å². The molecule has 0 bridgehead atoms. The van der Waals surface area contributed by atoms with Gasteiger partial charge in [-0.3, -0.25) is 0 Å². The van der Waals surface area contributed by atoms with Crippen LogP contribution in [0.1, 0.15) is 31.9 Å². The van der Waals surface area contributed by atoms with Crippen molar-refractivity contribution in [2.75, 3.05) is 9.80 Å². The molecular weight excluding hydrogens is 990 g/mol. The van der Waals surface area contributed by atoms with Crippen LogP contribution in [0.4, 0.5) is 22.7 Å². The first-order valence-corrected chi connectivity index (χ1v) is 22.1. The van der Waals surface area contributed by atoms with E-state index in [4.69, 9.17) is 9.72 Å². The molecule has 0 N–H and O–H groups in total. The number of hydrogen-bond acceptors (Lipinski definition) is 4. The van der Waals surface area contributed by atoms with Gasteiger partial charge in [-0.25, -0.2) is 4.98 Å². The van der Waals surface area contributed by atoms with Crippen LogP contribution in [0.3, 0.4) is 0 Å². The Morgan fingerprint density at radius 2 is 1.23 bits per heavy atom. The Hall–Kier alpha value is -7.40. The monoisotopic (exact) mass is 1030 g/mol. The number of aromatic nitrogens is 3. The third-order valence-electron chi connectivity index (χ3n) is 12.6. The van der Waals surface area contributed by atoms with E-state index >= 15 is 0 Å². The van der Waals surface area contributed by atoms with Gasteiger partial charge in [0.15, 0.2) is 0 Å². The summed E-state index contributed by atoms with van der Waals surface area (Å²) in [5.41, 5.74) is 13.8. The summed E-state index contributed by atoms with van der Waals surface area (Å²) in [4.78, 5) is 9.67. The zero-order valence-corrected chi connectivity index (χ0v) is 39.2. The van der Waals surface area contributed by atoms with Crippen molar-refractivity contribution in [2.24, 2.45) is 0 Å². The van der Waals surface area contributed by atoms with Crippen molar-refractivity contribution in [3.8, 4) is 34.1 Å². The third-order valence-corrected chi connectivity index (χ3v) is 12.6. The maximum atomic E-state index is 6.90. The second-order valence-electron chi connectivity index (χ2n) is 17.9. The Morgan fingerprint density at radius 3 is 2.00 bits per heavy atom. The summed E-state index contributed by atoms with van der Waals surface area (Å²) in [5.74, 6) is 2.01. The molecule has 0 saturated heterocycles. The van der Waals surface area contributed by atoms with Gasteiger partial charge in [-0.05, 0) is 83.4 Å². The van der Waals surface area contributed by atoms with Crippen LogP contribution in [0.25, 0.3) is 66.2 Å². The Balaban J connectivity index is 0.00000481. The van der Waals surface area contributed by atoms with Gasteiger partial charge in [0.1, 0.15) is 5.82 Å². The molecule has 12 rings (SSSR count). The quantitative estimate of drug-likeness (QED) is 0.149. The molecule has 324 valence electrons. The average Bonchev–Trinajstić information content (AvgIpc) is 3.99. The van der Waals surface area contributed by atoms with Gasteiger partial charge in [0, 0.05) is 83.9 Å². The van der Waals surface area contributed by atoms with Gasteiger partial charge in [-0.2, -0.15) is 6.07 Å². The molecule has 0 fully saturated rings. The first-order chi connectivity index (χ1) is 31.7. The first kappa shape index (κ1) is 41.3. The molecule has 1 aliphatic heterocycles. The standard InChI is InChI=1S/C59H44N5O.Pt/c1-39-24-28-53-50(30-39)51-37-60-58(36-56(51)63(53)44-20-12-7-13-21-44)64-52-23-15-14-22-48(52)49-27-26-46(35-55(49)64)65-47-33-42(59(2,3)4)32-45(34-47)62-38-61(43-18-10-6-11-19-43)54-29-25-41(31-57(54)62)40-16-8-5-9-17-40;/h5-33,36-38H,1-4H3;/q-3;. The maximum Gasteiger partial charge on any atom is 0.137 e. The Bertz CT molecular complexity index is 3610. The van der Waals surface area contributed by atoms with E-state index in [9.17, 15) is 0 Å². The summed E-state index contributed by atoms with van der Waals surface area (Å²) in [7, 11) is 0. The van der Waals surface area contributed by atoms with Gasteiger partial charge in [-0.15, -0.1) is 53.6 Å². The van der Waals surface area contributed by atoms with Crippen molar-refractivity contribution in [1.82, 2.24) is 14.1 Å². The van der Waals surface area contributed by atoms with Gasteiger partial charge >= 0.3 is 0 Å². The molecular formula is C59H44N5OPt-3. The molecule has 7 heteroatoms. The SMILES string of the molecule is Cc1ccc2c(c1)c1cnc(-n3c4[c-]c(Oc5[c-]c(N6[CH-]N(c7ccccc7)c7ccc(-c8ccccc8)cc76)cc(C(C)(C)C)c5)ccc4c4ccccc43)cc1n2-c1ccccc1.[Pt]. The fraction of sp³-hybridized carbons (Fsp3) is 0.0847. The molecule has 0 spiro atoms. The van der Waals surface area contributed by atoms with E-state index < -0.39 is 0 Å². The second kappa shape index (κ2) is 16.2. The van der Waals surface area contributed by atoms with Crippen molar-refractivity contribution in [3.05, 3.63) is 218 Å². The first-order valence-electron chi connectivity index (χ1n) is 22.1. The molecule has 8 aromatic carbocycles. The van der Waals surface area contributed by atoms with Crippen LogP contribution in [0.5, 0.6) is 11.5 Å². The smallest absolute Gasteiger partial charge is 0.137 e. The molecule has 11 aromatic rings. The fourth-order valence-corrected chi connectivity index (χ4v) is 9.39. The summed E-state index contributed by atoms with van der Waals surface area (Å²) in [5, 5.41) is 4.48. The van der Waals surface area contributed by atoms with Crippen LogP contribution < -0.4 is 14.5 Å². The minimum Gasteiger partial charge on any atom is -0.509 e. The van der Waals surface area contributed by atoms with Crippen molar-refractivity contribution < 1.29 is 25.8 Å². The minimum absolute atomic E-state index is 0. The number of anilines is 4. The van der Waals surface area contributed by atoms with Gasteiger partial charge in [-0.1, -0.05) is 129 Å². The van der Waals surface area contributed by atoms with Gasteiger partial charge < -0.3 is 23.7 Å². The summed E-state index contributed by atoms with van der Waals surface area (Å²) < 4.78 is 11.5. The number of para-hydroxylation sites is 3. The second-order valence-corrected chi connectivity index (χ2v) is 17.9. The number of hydrogen-bond donors (Lipinski definition) is 0. The van der Waals surface area contributed by atoms with E-state index in [-0.39, 0.29) is 26.5 Å². The van der Waals surface area contributed by atoms with Crippen LogP contribution in [0.2, 0.25) is 0 Å². The molecule has 0 aliphatic carbocycles. The van der Waals surface area contributed by atoms with Crippen LogP contribution >= 0.6 is 0 Å². The normalized spacial score (nSPS) is 12.6. The number of fused-ring (bicyclic) bond motifs is 7. The van der Waals surface area contributed by atoms with Gasteiger partial charge in [0.05, 0.1) is 11.0 Å². The topological polar surface area (TPSA) is 38.5 Å². The predicted octanol–water partition coefficient (Wildman–Crippen LogP) is 15.3. The Labute approximate surface area is 399 Å².